The van der Waals surface area contributed by atoms with Gasteiger partial charge < -0.3 is 15.4 Å². The second-order valence-corrected chi connectivity index (χ2v) is 4.73. The van der Waals surface area contributed by atoms with E-state index in [4.69, 9.17) is 10.5 Å². The summed E-state index contributed by atoms with van der Waals surface area (Å²) in [5.41, 5.74) is 6.82. The first kappa shape index (κ1) is 12.4. The summed E-state index contributed by atoms with van der Waals surface area (Å²) in [5.74, 6) is 0.998. The van der Waals surface area contributed by atoms with Crippen LogP contribution in [0.1, 0.15) is 18.4 Å². The van der Waals surface area contributed by atoms with E-state index in [0.717, 1.165) is 18.8 Å². The van der Waals surface area contributed by atoms with Crippen molar-refractivity contribution in [1.82, 2.24) is 4.90 Å². The molecule has 0 aromatic heterocycles. The molecule has 0 aliphatic carbocycles. The molecule has 1 heterocycles. The van der Waals surface area contributed by atoms with Crippen molar-refractivity contribution in [2.45, 2.75) is 25.3 Å². The number of likely N-dealkylation sites (N-methyl/N-ethyl adjacent to an activating group) is 1. The smallest absolute Gasteiger partial charge is 0.122 e. The molecule has 0 radical (unpaired) electrons. The lowest BCUT2D eigenvalue weighted by Crippen LogP contribution is -2.30. The Morgan fingerprint density at radius 2 is 2.24 bits per heavy atom. The Bertz CT molecular complexity index is 354. The maximum atomic E-state index is 5.95. The molecule has 1 aromatic carbocycles. The molecule has 0 bridgehead atoms. The van der Waals surface area contributed by atoms with Crippen molar-refractivity contribution in [2.75, 3.05) is 26.7 Å². The van der Waals surface area contributed by atoms with E-state index >= 15 is 0 Å². The number of likely N-dealkylation sites (tertiary alicyclic amines) is 1. The molecule has 17 heavy (non-hydrogen) atoms. The maximum absolute atomic E-state index is 5.95. The van der Waals surface area contributed by atoms with Crippen molar-refractivity contribution < 1.29 is 4.74 Å². The van der Waals surface area contributed by atoms with Gasteiger partial charge in [0, 0.05) is 6.04 Å². The number of para-hydroxylation sites is 1. The number of hydrogen-bond acceptors (Lipinski definition) is 3. The first-order chi connectivity index (χ1) is 8.31. The highest BCUT2D eigenvalue weighted by atomic mass is 16.5. The van der Waals surface area contributed by atoms with Crippen LogP contribution in [0.3, 0.4) is 0 Å². The second kappa shape index (κ2) is 6.03. The molecule has 0 spiro atoms. The average Bonchev–Trinajstić information content (AvgIpc) is 2.74. The molecule has 1 aliphatic rings. The van der Waals surface area contributed by atoms with E-state index in [1.807, 2.05) is 18.2 Å². The molecule has 0 saturated carbocycles. The normalized spacial score (nSPS) is 20.7. The van der Waals surface area contributed by atoms with Gasteiger partial charge in [0.2, 0.25) is 0 Å². The Kier molecular flexibility index (Phi) is 4.40. The zero-order valence-corrected chi connectivity index (χ0v) is 10.6. The Morgan fingerprint density at radius 1 is 1.41 bits per heavy atom. The molecule has 0 amide bonds. The van der Waals surface area contributed by atoms with Crippen LogP contribution in [0.15, 0.2) is 24.3 Å². The number of hydrogen-bond donors (Lipinski definition) is 1. The third-order valence-corrected chi connectivity index (χ3v) is 3.49. The number of benzene rings is 1. The van der Waals surface area contributed by atoms with E-state index in [1.54, 1.807) is 0 Å². The third-order valence-electron chi connectivity index (χ3n) is 3.49. The van der Waals surface area contributed by atoms with Gasteiger partial charge >= 0.3 is 0 Å². The number of rotatable bonds is 5. The third kappa shape index (κ3) is 3.20. The number of nitrogens with two attached hydrogens (primary N) is 1. The van der Waals surface area contributed by atoms with Gasteiger partial charge in [-0.1, -0.05) is 18.2 Å². The molecule has 1 unspecified atom stereocenters. The van der Waals surface area contributed by atoms with Gasteiger partial charge in [0.15, 0.2) is 0 Å². The minimum atomic E-state index is 0.570. The lowest BCUT2D eigenvalue weighted by Gasteiger charge is -2.20. The summed E-state index contributed by atoms with van der Waals surface area (Å²) in [4.78, 5) is 2.38. The molecule has 1 aliphatic heterocycles. The summed E-state index contributed by atoms with van der Waals surface area (Å²) in [6.07, 6.45) is 3.42. The second-order valence-electron chi connectivity index (χ2n) is 4.73. The van der Waals surface area contributed by atoms with Gasteiger partial charge in [0.25, 0.3) is 0 Å². The van der Waals surface area contributed by atoms with Crippen molar-refractivity contribution in [3.8, 4) is 5.75 Å². The first-order valence-electron chi connectivity index (χ1n) is 6.42. The van der Waals surface area contributed by atoms with Crippen molar-refractivity contribution in [3.63, 3.8) is 0 Å². The van der Waals surface area contributed by atoms with Crippen LogP contribution in [0.5, 0.6) is 5.75 Å². The fraction of sp³-hybridized carbons (Fsp3) is 0.571. The van der Waals surface area contributed by atoms with Gasteiger partial charge in [-0.3, -0.25) is 0 Å². The van der Waals surface area contributed by atoms with Crippen LogP contribution in [0.2, 0.25) is 0 Å². The molecule has 1 fully saturated rings. The van der Waals surface area contributed by atoms with Crippen LogP contribution >= 0.6 is 0 Å². The molecule has 2 rings (SSSR count). The van der Waals surface area contributed by atoms with Gasteiger partial charge in [-0.15, -0.1) is 0 Å². The fourth-order valence-corrected chi connectivity index (χ4v) is 2.38. The van der Waals surface area contributed by atoms with E-state index in [1.165, 1.54) is 24.9 Å². The Hall–Kier alpha value is -1.06. The summed E-state index contributed by atoms with van der Waals surface area (Å²) in [5, 5.41) is 0. The van der Waals surface area contributed by atoms with E-state index in [9.17, 15) is 0 Å². The van der Waals surface area contributed by atoms with Crippen LogP contribution in [0.4, 0.5) is 0 Å². The van der Waals surface area contributed by atoms with E-state index < -0.39 is 0 Å². The zero-order chi connectivity index (χ0) is 12.1. The van der Waals surface area contributed by atoms with E-state index in [0.29, 0.717) is 12.6 Å². The first-order valence-corrected chi connectivity index (χ1v) is 6.42. The SMILES string of the molecule is CN1CCCC1COc1ccccc1CCN. The minimum absolute atomic E-state index is 0.570. The lowest BCUT2D eigenvalue weighted by molar-refractivity contribution is 0.197. The minimum Gasteiger partial charge on any atom is -0.492 e. The molecule has 1 saturated heterocycles. The van der Waals surface area contributed by atoms with Crippen LogP contribution in [-0.4, -0.2) is 37.7 Å². The molecule has 1 aromatic rings. The fourth-order valence-electron chi connectivity index (χ4n) is 2.38. The maximum Gasteiger partial charge on any atom is 0.122 e. The van der Waals surface area contributed by atoms with Crippen molar-refractivity contribution in [1.29, 1.82) is 0 Å². The standard InChI is InChI=1S/C14H22N2O/c1-16-10-4-6-13(16)11-17-14-7-3-2-5-12(14)8-9-15/h2-3,5,7,13H,4,6,8-11,15H2,1H3. The van der Waals surface area contributed by atoms with Crippen LogP contribution in [0, 0.1) is 0 Å². The van der Waals surface area contributed by atoms with Gasteiger partial charge in [-0.25, -0.2) is 0 Å². The summed E-state index contributed by atoms with van der Waals surface area (Å²) in [6.45, 7) is 2.65. The summed E-state index contributed by atoms with van der Waals surface area (Å²) in [7, 11) is 2.17. The molecule has 3 heteroatoms. The van der Waals surface area contributed by atoms with E-state index in [-0.39, 0.29) is 0 Å². The van der Waals surface area contributed by atoms with Gasteiger partial charge in [-0.2, -0.15) is 0 Å². The molecule has 2 N–H and O–H groups in total. The predicted molar refractivity (Wildman–Crippen MR) is 70.3 cm³/mol. The zero-order valence-electron chi connectivity index (χ0n) is 10.6. The Balaban J connectivity index is 1.93. The van der Waals surface area contributed by atoms with Crippen molar-refractivity contribution >= 4 is 0 Å². The highest BCUT2D eigenvalue weighted by molar-refractivity contribution is 5.33. The van der Waals surface area contributed by atoms with Crippen molar-refractivity contribution in [2.24, 2.45) is 5.73 Å². The molecule has 94 valence electrons. The molecular weight excluding hydrogens is 212 g/mol. The van der Waals surface area contributed by atoms with Crippen LogP contribution in [0.25, 0.3) is 0 Å². The Labute approximate surface area is 104 Å². The lowest BCUT2D eigenvalue weighted by atomic mass is 10.1. The average molecular weight is 234 g/mol. The molecular formula is C14H22N2O. The van der Waals surface area contributed by atoms with Gasteiger partial charge in [0.05, 0.1) is 0 Å². The number of ether oxygens (including phenoxy) is 1. The van der Waals surface area contributed by atoms with Gasteiger partial charge in [-0.05, 0) is 51.0 Å². The molecule has 1 atom stereocenters. The summed E-state index contributed by atoms with van der Waals surface area (Å²) >= 11 is 0. The topological polar surface area (TPSA) is 38.5 Å². The highest BCUT2D eigenvalue weighted by Crippen LogP contribution is 2.21. The quantitative estimate of drug-likeness (QED) is 0.842. The summed E-state index contributed by atoms with van der Waals surface area (Å²) in [6, 6.07) is 8.77. The Morgan fingerprint density at radius 3 is 2.94 bits per heavy atom. The van der Waals surface area contributed by atoms with Crippen molar-refractivity contribution in [3.05, 3.63) is 29.8 Å². The predicted octanol–water partition coefficient (Wildman–Crippen LogP) is 1.66. The van der Waals surface area contributed by atoms with E-state index in [2.05, 4.69) is 18.0 Å². The number of nitrogens with zero attached hydrogens (tertiary/aromatic N) is 1. The van der Waals surface area contributed by atoms with Crippen LogP contribution < -0.4 is 10.5 Å². The van der Waals surface area contributed by atoms with Gasteiger partial charge in [0.1, 0.15) is 12.4 Å². The monoisotopic (exact) mass is 234 g/mol. The highest BCUT2D eigenvalue weighted by Gasteiger charge is 2.21. The van der Waals surface area contributed by atoms with Crippen LogP contribution in [-0.2, 0) is 6.42 Å². The summed E-state index contributed by atoms with van der Waals surface area (Å²) < 4.78 is 5.95. The molecule has 3 nitrogen and oxygen atoms in total. The largest absolute Gasteiger partial charge is 0.492 e.